The van der Waals surface area contributed by atoms with Gasteiger partial charge in [-0.1, -0.05) is 36.2 Å². The maximum Gasteiger partial charge on any atom is 0.355 e. The molecule has 1 N–H and O–H groups in total. The van der Waals surface area contributed by atoms with Gasteiger partial charge in [-0.3, -0.25) is 0 Å². The number of hydrogen-bond acceptors (Lipinski definition) is 6. The van der Waals surface area contributed by atoms with Crippen molar-refractivity contribution in [1.82, 2.24) is 9.29 Å². The van der Waals surface area contributed by atoms with E-state index in [-0.39, 0.29) is 33.7 Å². The van der Waals surface area contributed by atoms with Crippen LogP contribution in [0.1, 0.15) is 22.3 Å². The first-order chi connectivity index (χ1) is 12.8. The van der Waals surface area contributed by atoms with E-state index < -0.39 is 16.0 Å². The van der Waals surface area contributed by atoms with Crippen LogP contribution in [-0.4, -0.2) is 55.0 Å². The topological polar surface area (TPSA) is 90.8 Å². The molecule has 2 aromatic rings. The van der Waals surface area contributed by atoms with Crippen LogP contribution in [0, 0.1) is 0 Å². The number of aromatic carboxylic acids is 1. The van der Waals surface area contributed by atoms with Gasteiger partial charge in [0.25, 0.3) is 0 Å². The van der Waals surface area contributed by atoms with Crippen LogP contribution in [0.3, 0.4) is 0 Å². The molecular formula is C16H17Cl2N3O4S2. The molecule has 1 fully saturated rings. The van der Waals surface area contributed by atoms with Crippen LogP contribution < -0.4 is 4.90 Å². The van der Waals surface area contributed by atoms with Crippen LogP contribution in [0.25, 0.3) is 0 Å². The van der Waals surface area contributed by atoms with Gasteiger partial charge in [0.15, 0.2) is 10.8 Å². The summed E-state index contributed by atoms with van der Waals surface area (Å²) in [7, 11) is -3.82. The second-order valence-electron chi connectivity index (χ2n) is 5.87. The predicted octanol–water partition coefficient (Wildman–Crippen LogP) is 3.22. The van der Waals surface area contributed by atoms with Gasteiger partial charge in [0.05, 0.1) is 10.0 Å². The molecule has 7 nitrogen and oxygen atoms in total. The molecule has 0 bridgehead atoms. The summed E-state index contributed by atoms with van der Waals surface area (Å²) in [6.45, 7) is 3.14. The lowest BCUT2D eigenvalue weighted by Gasteiger charge is -2.34. The number of anilines is 1. The Hall–Kier alpha value is -1.39. The van der Waals surface area contributed by atoms with Crippen LogP contribution in [0.2, 0.25) is 10.0 Å². The van der Waals surface area contributed by atoms with E-state index in [0.29, 0.717) is 29.5 Å². The molecule has 1 saturated heterocycles. The first kappa shape index (κ1) is 20.3. The fraction of sp³-hybridized carbons (Fsp3) is 0.375. The van der Waals surface area contributed by atoms with Gasteiger partial charge in [0, 0.05) is 31.1 Å². The molecule has 146 valence electrons. The summed E-state index contributed by atoms with van der Waals surface area (Å²) in [6, 6.07) is 4.58. The summed E-state index contributed by atoms with van der Waals surface area (Å²) in [6.07, 6.45) is 0.582. The standard InChI is InChI=1S/C16H17Cl2N3O4S2/c1-2-12-13(15(22)23)19-16(26-12)20-6-8-21(9-7-20)27(24,25)14-10(17)4-3-5-11(14)18/h3-5H,2,6-9H2,1H3,(H,22,23). The molecule has 1 aromatic carbocycles. The zero-order chi connectivity index (χ0) is 19.8. The number of piperazine rings is 1. The molecule has 11 heteroatoms. The van der Waals surface area contributed by atoms with E-state index in [2.05, 4.69) is 4.98 Å². The zero-order valence-corrected chi connectivity index (χ0v) is 17.5. The summed E-state index contributed by atoms with van der Waals surface area (Å²) in [4.78, 5) is 18.0. The van der Waals surface area contributed by atoms with E-state index in [1.54, 1.807) is 6.07 Å². The molecule has 3 rings (SSSR count). The number of aromatic nitrogens is 1. The van der Waals surface area contributed by atoms with E-state index in [9.17, 15) is 18.3 Å². The Morgan fingerprint density at radius 2 is 1.81 bits per heavy atom. The van der Waals surface area contributed by atoms with Crippen molar-refractivity contribution in [3.63, 3.8) is 0 Å². The molecule has 0 saturated carbocycles. The highest BCUT2D eigenvalue weighted by molar-refractivity contribution is 7.89. The Labute approximate surface area is 171 Å². The van der Waals surface area contributed by atoms with E-state index >= 15 is 0 Å². The fourth-order valence-electron chi connectivity index (χ4n) is 2.86. The second kappa shape index (κ2) is 7.92. The first-order valence-electron chi connectivity index (χ1n) is 8.17. The Balaban J connectivity index is 1.78. The Bertz CT molecular complexity index is 950. The van der Waals surface area contributed by atoms with Gasteiger partial charge in [-0.25, -0.2) is 18.2 Å². The SMILES string of the molecule is CCc1sc(N2CCN(S(=O)(=O)c3c(Cl)cccc3Cl)CC2)nc1C(=O)O. The highest BCUT2D eigenvalue weighted by Crippen LogP contribution is 2.33. The number of rotatable bonds is 5. The Morgan fingerprint density at radius 1 is 1.22 bits per heavy atom. The lowest BCUT2D eigenvalue weighted by atomic mass is 10.3. The molecular weight excluding hydrogens is 433 g/mol. The largest absolute Gasteiger partial charge is 0.476 e. The Kier molecular flexibility index (Phi) is 5.97. The molecule has 1 aliphatic rings. The van der Waals surface area contributed by atoms with Gasteiger partial charge in [0.1, 0.15) is 4.90 Å². The summed E-state index contributed by atoms with van der Waals surface area (Å²) in [5.74, 6) is -1.05. The molecule has 0 amide bonds. The van der Waals surface area contributed by atoms with Gasteiger partial charge in [0.2, 0.25) is 10.0 Å². The monoisotopic (exact) mass is 449 g/mol. The average molecular weight is 450 g/mol. The van der Waals surface area contributed by atoms with Gasteiger partial charge in [-0.05, 0) is 18.6 Å². The number of aryl methyl sites for hydroxylation is 1. The van der Waals surface area contributed by atoms with E-state index in [1.807, 2.05) is 11.8 Å². The lowest BCUT2D eigenvalue weighted by Crippen LogP contribution is -2.48. The van der Waals surface area contributed by atoms with Gasteiger partial charge < -0.3 is 10.0 Å². The molecule has 2 heterocycles. The predicted molar refractivity (Wildman–Crippen MR) is 106 cm³/mol. The van der Waals surface area contributed by atoms with Crippen molar-refractivity contribution in [2.75, 3.05) is 31.1 Å². The second-order valence-corrected chi connectivity index (χ2v) is 9.62. The maximum absolute atomic E-state index is 12.9. The summed E-state index contributed by atoms with van der Waals surface area (Å²) in [5.41, 5.74) is 0.0652. The van der Waals surface area contributed by atoms with Crippen molar-refractivity contribution in [2.24, 2.45) is 0 Å². The Morgan fingerprint density at radius 3 is 2.30 bits per heavy atom. The van der Waals surface area contributed by atoms with E-state index in [1.165, 1.54) is 27.8 Å². The summed E-state index contributed by atoms with van der Waals surface area (Å²) < 4.78 is 27.2. The number of carbonyl (C=O) groups is 1. The smallest absolute Gasteiger partial charge is 0.355 e. The molecule has 0 spiro atoms. The highest BCUT2D eigenvalue weighted by Gasteiger charge is 2.33. The number of sulfonamides is 1. The molecule has 1 aliphatic heterocycles. The minimum Gasteiger partial charge on any atom is -0.476 e. The minimum atomic E-state index is -3.82. The third-order valence-corrected chi connectivity index (χ3v) is 8.35. The van der Waals surface area contributed by atoms with Crippen molar-refractivity contribution in [3.8, 4) is 0 Å². The number of thiazole rings is 1. The first-order valence-corrected chi connectivity index (χ1v) is 11.2. The van der Waals surface area contributed by atoms with Gasteiger partial charge in [-0.15, -0.1) is 11.3 Å². The summed E-state index contributed by atoms with van der Waals surface area (Å²) >= 11 is 13.4. The molecule has 0 atom stereocenters. The maximum atomic E-state index is 12.9. The van der Waals surface area contributed by atoms with Crippen molar-refractivity contribution in [2.45, 2.75) is 18.2 Å². The molecule has 0 radical (unpaired) electrons. The zero-order valence-electron chi connectivity index (χ0n) is 14.4. The van der Waals surface area contributed by atoms with E-state index in [0.717, 1.165) is 0 Å². The summed E-state index contributed by atoms with van der Waals surface area (Å²) in [5, 5.41) is 10.0. The minimum absolute atomic E-state index is 0.0652. The number of benzene rings is 1. The highest BCUT2D eigenvalue weighted by atomic mass is 35.5. The third-order valence-electron chi connectivity index (χ3n) is 4.24. The quantitative estimate of drug-likeness (QED) is 0.753. The fourth-order valence-corrected chi connectivity index (χ4v) is 6.42. The number of nitrogens with zero attached hydrogens (tertiary/aromatic N) is 3. The number of carboxylic acid groups (broad SMARTS) is 1. The third kappa shape index (κ3) is 3.93. The van der Waals surface area contributed by atoms with Crippen molar-refractivity contribution in [1.29, 1.82) is 0 Å². The number of hydrogen-bond donors (Lipinski definition) is 1. The lowest BCUT2D eigenvalue weighted by molar-refractivity contribution is 0.0690. The van der Waals surface area contributed by atoms with Crippen LogP contribution in [0.15, 0.2) is 23.1 Å². The molecule has 27 heavy (non-hydrogen) atoms. The normalized spacial score (nSPS) is 15.9. The van der Waals surface area contributed by atoms with Crippen LogP contribution in [0.4, 0.5) is 5.13 Å². The molecule has 1 aromatic heterocycles. The number of halogens is 2. The van der Waals surface area contributed by atoms with Gasteiger partial charge in [-0.2, -0.15) is 4.31 Å². The molecule has 0 unspecified atom stereocenters. The van der Waals surface area contributed by atoms with Gasteiger partial charge >= 0.3 is 5.97 Å². The van der Waals surface area contributed by atoms with E-state index in [4.69, 9.17) is 23.2 Å². The van der Waals surface area contributed by atoms with Crippen LogP contribution in [0.5, 0.6) is 0 Å². The van der Waals surface area contributed by atoms with Crippen molar-refractivity contribution < 1.29 is 18.3 Å². The van der Waals surface area contributed by atoms with Crippen molar-refractivity contribution in [3.05, 3.63) is 38.8 Å². The van der Waals surface area contributed by atoms with Crippen LogP contribution >= 0.6 is 34.5 Å². The molecule has 0 aliphatic carbocycles. The number of carboxylic acids is 1. The average Bonchev–Trinajstić information content (AvgIpc) is 3.06. The van der Waals surface area contributed by atoms with Crippen LogP contribution in [-0.2, 0) is 16.4 Å². The van der Waals surface area contributed by atoms with Crippen molar-refractivity contribution >= 4 is 55.7 Å².